The zero-order chi connectivity index (χ0) is 24.6. The number of benzene rings is 2. The summed E-state index contributed by atoms with van der Waals surface area (Å²) in [5, 5.41) is 10.8. The number of nitrogens with zero attached hydrogens (tertiary/aromatic N) is 1. The number of hydrogen-bond donors (Lipinski definition) is 2. The average Bonchev–Trinajstić information content (AvgIpc) is 3.33. The summed E-state index contributed by atoms with van der Waals surface area (Å²) in [4.78, 5) is 37.1. The van der Waals surface area contributed by atoms with Gasteiger partial charge in [0, 0.05) is 18.5 Å². The monoisotopic (exact) mass is 476 g/mol. The number of likely N-dealkylation sites (tertiary alicyclic amines) is 1. The Hall–Kier alpha value is -3.56. The Kier molecular flexibility index (Phi) is 6.24. The first-order chi connectivity index (χ1) is 16.1. The van der Waals surface area contributed by atoms with E-state index in [1.54, 1.807) is 5.32 Å². The number of hydrogen-bond acceptors (Lipinski definition) is 4. The van der Waals surface area contributed by atoms with Crippen LogP contribution in [0.4, 0.5) is 18.0 Å². The van der Waals surface area contributed by atoms with E-state index in [1.165, 1.54) is 6.92 Å². The van der Waals surface area contributed by atoms with E-state index in [2.05, 4.69) is 0 Å². The molecule has 0 aromatic heterocycles. The number of carboxylic acid groups (broad SMARTS) is 1. The van der Waals surface area contributed by atoms with Gasteiger partial charge in [-0.15, -0.1) is 0 Å². The fourth-order valence-corrected chi connectivity index (χ4v) is 4.79. The lowest BCUT2D eigenvalue weighted by Crippen LogP contribution is -2.57. The number of carboxylic acids is 1. The van der Waals surface area contributed by atoms with E-state index in [4.69, 9.17) is 4.74 Å². The van der Waals surface area contributed by atoms with Crippen molar-refractivity contribution in [1.82, 2.24) is 10.2 Å². The molecule has 2 aromatic rings. The zero-order valence-corrected chi connectivity index (χ0v) is 18.2. The van der Waals surface area contributed by atoms with Crippen LogP contribution >= 0.6 is 0 Å². The molecule has 0 radical (unpaired) electrons. The summed E-state index contributed by atoms with van der Waals surface area (Å²) >= 11 is 0. The van der Waals surface area contributed by atoms with Crippen LogP contribution in [0.25, 0.3) is 11.1 Å². The molecule has 0 spiro atoms. The number of nitrogens with one attached hydrogen (secondary N) is 1. The third kappa shape index (κ3) is 4.32. The fourth-order valence-electron chi connectivity index (χ4n) is 4.79. The Morgan fingerprint density at radius 2 is 1.65 bits per heavy atom. The summed E-state index contributed by atoms with van der Waals surface area (Å²) in [6, 6.07) is 11.2. The summed E-state index contributed by atoms with van der Waals surface area (Å²) in [5.74, 6) is -3.91. The Morgan fingerprint density at radius 3 is 2.15 bits per heavy atom. The maximum atomic E-state index is 13.7. The number of amides is 2. The molecule has 3 unspecified atom stereocenters. The molecule has 0 saturated carbocycles. The lowest BCUT2D eigenvalue weighted by molar-refractivity contribution is -0.175. The van der Waals surface area contributed by atoms with Gasteiger partial charge in [-0.25, -0.2) is 4.79 Å². The zero-order valence-electron chi connectivity index (χ0n) is 18.2. The largest absolute Gasteiger partial charge is 0.481 e. The first-order valence-corrected chi connectivity index (χ1v) is 10.8. The standard InChI is InChI=1S/C24H23F3N2O5/c1-13-14(22(31)32)10-11-29(13)21(30)20(24(25,26)27)28-23(33)34-12-19-17-8-4-2-6-15(17)16-7-3-5-9-18(16)19/h2-9,13-14,19-20H,10-12H2,1H3,(H,28,33)(H,31,32). The molecule has 2 aromatic carbocycles. The Morgan fingerprint density at radius 1 is 1.09 bits per heavy atom. The van der Waals surface area contributed by atoms with Gasteiger partial charge < -0.3 is 20.1 Å². The summed E-state index contributed by atoms with van der Waals surface area (Å²) in [6.07, 6.45) is -6.42. The number of rotatable bonds is 5. The fraction of sp³-hybridized carbons (Fsp3) is 0.375. The van der Waals surface area contributed by atoms with E-state index in [-0.39, 0.29) is 25.5 Å². The van der Waals surface area contributed by atoms with E-state index in [0.29, 0.717) is 0 Å². The van der Waals surface area contributed by atoms with Crippen LogP contribution in [0.1, 0.15) is 30.4 Å². The molecule has 1 aliphatic heterocycles. The van der Waals surface area contributed by atoms with Crippen LogP contribution in [0.3, 0.4) is 0 Å². The molecule has 2 aliphatic rings. The van der Waals surface area contributed by atoms with Crippen LogP contribution in [0.5, 0.6) is 0 Å². The summed E-state index contributed by atoms with van der Waals surface area (Å²) in [6.45, 7) is 1.03. The smallest absolute Gasteiger partial charge is 0.417 e. The molecule has 4 rings (SSSR count). The Bertz CT molecular complexity index is 1070. The number of ether oxygens (including phenoxy) is 1. The molecule has 10 heteroatoms. The molecule has 1 saturated heterocycles. The maximum absolute atomic E-state index is 13.7. The molecular formula is C24H23F3N2O5. The van der Waals surface area contributed by atoms with E-state index >= 15 is 0 Å². The van der Waals surface area contributed by atoms with Gasteiger partial charge in [-0.3, -0.25) is 9.59 Å². The van der Waals surface area contributed by atoms with Crippen molar-refractivity contribution in [2.24, 2.45) is 5.92 Å². The van der Waals surface area contributed by atoms with Crippen molar-refractivity contribution in [3.63, 3.8) is 0 Å². The van der Waals surface area contributed by atoms with Crippen molar-refractivity contribution in [2.75, 3.05) is 13.2 Å². The number of alkyl halides is 3. The summed E-state index contributed by atoms with van der Waals surface area (Å²) in [7, 11) is 0. The predicted octanol–water partition coefficient (Wildman–Crippen LogP) is 3.78. The molecule has 1 aliphatic carbocycles. The number of carbonyl (C=O) groups excluding carboxylic acids is 2. The van der Waals surface area contributed by atoms with Gasteiger partial charge in [-0.2, -0.15) is 13.2 Å². The molecule has 180 valence electrons. The number of carbonyl (C=O) groups is 3. The first-order valence-electron chi connectivity index (χ1n) is 10.8. The molecule has 7 nitrogen and oxygen atoms in total. The van der Waals surface area contributed by atoms with Gasteiger partial charge in [0.25, 0.3) is 5.91 Å². The van der Waals surface area contributed by atoms with Crippen LogP contribution in [0.15, 0.2) is 48.5 Å². The molecular weight excluding hydrogens is 453 g/mol. The van der Waals surface area contributed by atoms with Crippen LogP contribution in [0, 0.1) is 5.92 Å². The Balaban J connectivity index is 1.46. The predicted molar refractivity (Wildman–Crippen MR) is 115 cm³/mol. The van der Waals surface area contributed by atoms with Gasteiger partial charge in [-0.05, 0) is 35.6 Å². The van der Waals surface area contributed by atoms with Crippen LogP contribution in [-0.2, 0) is 14.3 Å². The SMILES string of the molecule is CC1C(C(=O)O)CCN1C(=O)C(NC(=O)OCC1c2ccccc2-c2ccccc21)C(F)(F)F. The molecule has 34 heavy (non-hydrogen) atoms. The molecule has 2 amide bonds. The second kappa shape index (κ2) is 9.00. The van der Waals surface area contributed by atoms with Crippen molar-refractivity contribution in [1.29, 1.82) is 0 Å². The van der Waals surface area contributed by atoms with Gasteiger partial charge >= 0.3 is 18.2 Å². The van der Waals surface area contributed by atoms with Gasteiger partial charge in [0.1, 0.15) is 6.61 Å². The minimum Gasteiger partial charge on any atom is -0.481 e. The van der Waals surface area contributed by atoms with Crippen LogP contribution in [-0.4, -0.2) is 59.4 Å². The lowest BCUT2D eigenvalue weighted by Gasteiger charge is -2.29. The first kappa shape index (κ1) is 23.6. The highest BCUT2D eigenvalue weighted by Gasteiger charge is 2.51. The molecule has 1 fully saturated rings. The van der Waals surface area contributed by atoms with E-state index in [9.17, 15) is 32.7 Å². The molecule has 2 N–H and O–H groups in total. The third-order valence-electron chi connectivity index (χ3n) is 6.54. The number of alkyl carbamates (subject to hydrolysis) is 1. The van der Waals surface area contributed by atoms with Crippen LogP contribution < -0.4 is 5.32 Å². The second-order valence-corrected chi connectivity index (χ2v) is 8.45. The maximum Gasteiger partial charge on any atom is 0.417 e. The van der Waals surface area contributed by atoms with Gasteiger partial charge in [0.05, 0.1) is 5.92 Å². The van der Waals surface area contributed by atoms with Crippen molar-refractivity contribution >= 4 is 18.0 Å². The van der Waals surface area contributed by atoms with Gasteiger partial charge in [0.15, 0.2) is 0 Å². The minimum atomic E-state index is -5.08. The van der Waals surface area contributed by atoms with Crippen molar-refractivity contribution in [3.05, 3.63) is 59.7 Å². The minimum absolute atomic E-state index is 0.0394. The summed E-state index contributed by atoms with van der Waals surface area (Å²) < 4.78 is 46.2. The highest BCUT2D eigenvalue weighted by atomic mass is 19.4. The normalized spacial score (nSPS) is 20.4. The van der Waals surface area contributed by atoms with Crippen molar-refractivity contribution in [3.8, 4) is 11.1 Å². The van der Waals surface area contributed by atoms with Crippen molar-refractivity contribution in [2.45, 2.75) is 37.5 Å². The quantitative estimate of drug-likeness (QED) is 0.685. The number of fused-ring (bicyclic) bond motifs is 3. The van der Waals surface area contributed by atoms with Gasteiger partial charge in [-0.1, -0.05) is 48.5 Å². The topological polar surface area (TPSA) is 95.9 Å². The molecule has 0 bridgehead atoms. The van der Waals surface area contributed by atoms with E-state index < -0.39 is 42.1 Å². The highest BCUT2D eigenvalue weighted by Crippen LogP contribution is 2.44. The molecule has 3 atom stereocenters. The lowest BCUT2D eigenvalue weighted by atomic mass is 9.98. The van der Waals surface area contributed by atoms with E-state index in [0.717, 1.165) is 27.2 Å². The highest BCUT2D eigenvalue weighted by molar-refractivity contribution is 5.88. The van der Waals surface area contributed by atoms with Gasteiger partial charge in [0.2, 0.25) is 6.04 Å². The third-order valence-corrected chi connectivity index (χ3v) is 6.54. The van der Waals surface area contributed by atoms with Crippen LogP contribution in [0.2, 0.25) is 0 Å². The summed E-state index contributed by atoms with van der Waals surface area (Å²) in [5.41, 5.74) is 3.72. The average molecular weight is 476 g/mol. The number of halogens is 3. The Labute approximate surface area is 193 Å². The van der Waals surface area contributed by atoms with Crippen molar-refractivity contribution < 1.29 is 37.4 Å². The number of aliphatic carboxylic acids is 1. The molecule has 1 heterocycles. The van der Waals surface area contributed by atoms with E-state index in [1.807, 2.05) is 48.5 Å². The second-order valence-electron chi connectivity index (χ2n) is 8.45.